The van der Waals surface area contributed by atoms with Gasteiger partial charge in [-0.2, -0.15) is 0 Å². The third-order valence-corrected chi connectivity index (χ3v) is 4.33. The second kappa shape index (κ2) is 6.19. The molecule has 3 amide bonds. The number of likely N-dealkylation sites (N-methyl/N-ethyl adjacent to an activating group) is 2. The molecule has 3 heterocycles. The van der Waals surface area contributed by atoms with E-state index in [1.807, 2.05) is 4.58 Å². The fourth-order valence-electron chi connectivity index (χ4n) is 2.98. The van der Waals surface area contributed by atoms with Crippen molar-refractivity contribution in [3.8, 4) is 0 Å². The molecule has 0 bridgehead atoms. The molecule has 1 unspecified atom stereocenters. The number of morpholine rings is 1. The van der Waals surface area contributed by atoms with Crippen LogP contribution in [0, 0.1) is 0 Å². The molecule has 24 heavy (non-hydrogen) atoms. The first kappa shape index (κ1) is 16.4. The highest BCUT2D eigenvalue weighted by atomic mass is 16.5. The van der Waals surface area contributed by atoms with Crippen LogP contribution < -0.4 is 0 Å². The summed E-state index contributed by atoms with van der Waals surface area (Å²) in [6.45, 7) is 2.10. The maximum atomic E-state index is 12.7. The van der Waals surface area contributed by atoms with Gasteiger partial charge in [-0.1, -0.05) is 4.99 Å². The van der Waals surface area contributed by atoms with Crippen molar-refractivity contribution in [2.45, 2.75) is 6.04 Å². The van der Waals surface area contributed by atoms with E-state index in [1.165, 1.54) is 12.0 Å². The van der Waals surface area contributed by atoms with Gasteiger partial charge >= 0.3 is 18.0 Å². The Kier molecular flexibility index (Phi) is 4.22. The number of aliphatic imine (C=N–C) groups is 1. The summed E-state index contributed by atoms with van der Waals surface area (Å²) in [6, 6.07) is -1.31. The Morgan fingerprint density at radius 1 is 1.33 bits per heavy atom. The maximum Gasteiger partial charge on any atom is 0.392 e. The summed E-state index contributed by atoms with van der Waals surface area (Å²) in [5.74, 6) is -0.127. The van der Waals surface area contributed by atoms with Crippen molar-refractivity contribution in [2.24, 2.45) is 4.99 Å². The van der Waals surface area contributed by atoms with E-state index in [0.717, 1.165) is 4.90 Å². The van der Waals surface area contributed by atoms with Crippen LogP contribution in [0.15, 0.2) is 4.99 Å². The van der Waals surface area contributed by atoms with Crippen molar-refractivity contribution in [2.75, 3.05) is 54.1 Å². The number of hydrogen-bond donors (Lipinski definition) is 0. The molecule has 0 aliphatic carbocycles. The number of guanidine groups is 1. The van der Waals surface area contributed by atoms with Gasteiger partial charge in [0, 0.05) is 7.05 Å². The molecular weight excluding hydrogens is 318 g/mol. The first-order valence-corrected chi connectivity index (χ1v) is 7.62. The molecule has 1 atom stereocenters. The van der Waals surface area contributed by atoms with Gasteiger partial charge in [0.05, 0.1) is 40.5 Å². The highest BCUT2D eigenvalue weighted by Gasteiger charge is 2.55. The number of carbonyl (C=O) groups excluding carboxylic acids is 3. The minimum Gasteiger partial charge on any atom is -0.468 e. The number of methoxy groups -OCH3 is 1. The van der Waals surface area contributed by atoms with Crippen molar-refractivity contribution in [1.29, 1.82) is 0 Å². The van der Waals surface area contributed by atoms with Gasteiger partial charge in [-0.15, -0.1) is 0 Å². The van der Waals surface area contributed by atoms with E-state index in [0.29, 0.717) is 38.1 Å². The van der Waals surface area contributed by atoms with Crippen LogP contribution in [0.3, 0.4) is 0 Å². The summed E-state index contributed by atoms with van der Waals surface area (Å²) in [6.07, 6.45) is 0. The third-order valence-electron chi connectivity index (χ3n) is 4.33. The monoisotopic (exact) mass is 338 g/mol. The summed E-state index contributed by atoms with van der Waals surface area (Å²) in [4.78, 5) is 45.1. The summed E-state index contributed by atoms with van der Waals surface area (Å²) in [5, 5.41) is 0. The number of ether oxygens (including phenoxy) is 2. The number of fused-ring (bicyclic) bond motifs is 1. The average Bonchev–Trinajstić information content (AvgIpc) is 2.95. The topological polar surface area (TPSA) is 94.8 Å². The van der Waals surface area contributed by atoms with Crippen molar-refractivity contribution in [3.63, 3.8) is 0 Å². The van der Waals surface area contributed by atoms with Crippen LogP contribution in [0.2, 0.25) is 0 Å². The Hall–Kier alpha value is -2.49. The molecule has 130 valence electrons. The van der Waals surface area contributed by atoms with Crippen molar-refractivity contribution in [3.05, 3.63) is 0 Å². The van der Waals surface area contributed by atoms with Gasteiger partial charge in [0.2, 0.25) is 11.9 Å². The lowest BCUT2D eigenvalue weighted by molar-refractivity contribution is -0.554. The number of carbonyl (C=O) groups is 3. The third kappa shape index (κ3) is 2.52. The van der Waals surface area contributed by atoms with Gasteiger partial charge in [0.1, 0.15) is 6.54 Å². The molecular formula is C14H20N5O5+. The predicted molar refractivity (Wildman–Crippen MR) is 81.7 cm³/mol. The van der Waals surface area contributed by atoms with Gasteiger partial charge in [0.15, 0.2) is 0 Å². The van der Waals surface area contributed by atoms with E-state index in [4.69, 9.17) is 4.74 Å². The van der Waals surface area contributed by atoms with Crippen LogP contribution in [-0.4, -0.2) is 109 Å². The number of amidine groups is 1. The predicted octanol–water partition coefficient (Wildman–Crippen LogP) is -1.84. The van der Waals surface area contributed by atoms with Crippen molar-refractivity contribution >= 4 is 29.7 Å². The van der Waals surface area contributed by atoms with Crippen molar-refractivity contribution in [1.82, 2.24) is 14.7 Å². The first-order valence-electron chi connectivity index (χ1n) is 7.62. The zero-order chi connectivity index (χ0) is 17.4. The molecule has 3 rings (SSSR count). The largest absolute Gasteiger partial charge is 0.468 e. The molecule has 0 saturated carbocycles. The number of imide groups is 1. The minimum absolute atomic E-state index is 0.370. The Morgan fingerprint density at radius 2 is 2.00 bits per heavy atom. The number of amides is 3. The molecule has 10 heteroatoms. The van der Waals surface area contributed by atoms with E-state index in [1.54, 1.807) is 19.0 Å². The summed E-state index contributed by atoms with van der Waals surface area (Å²) < 4.78 is 11.9. The van der Waals surface area contributed by atoms with Crippen LogP contribution in [0.4, 0.5) is 4.79 Å². The second-order valence-electron chi connectivity index (χ2n) is 5.72. The van der Waals surface area contributed by atoms with Crippen LogP contribution in [0.25, 0.3) is 0 Å². The van der Waals surface area contributed by atoms with E-state index >= 15 is 0 Å². The van der Waals surface area contributed by atoms with Crippen LogP contribution in [-0.2, 0) is 19.1 Å². The smallest absolute Gasteiger partial charge is 0.392 e. The van der Waals surface area contributed by atoms with E-state index in [-0.39, 0.29) is 0 Å². The first-order chi connectivity index (χ1) is 11.5. The lowest BCUT2D eigenvalue weighted by atomic mass is 10.1. The Balaban J connectivity index is 1.93. The summed E-state index contributed by atoms with van der Waals surface area (Å²) >= 11 is 0. The number of hydrogen-bond acceptors (Lipinski definition) is 5. The molecule has 0 aromatic carbocycles. The normalized spacial score (nSPS) is 24.4. The fourth-order valence-corrected chi connectivity index (χ4v) is 2.98. The van der Waals surface area contributed by atoms with Gasteiger partial charge in [0.25, 0.3) is 5.91 Å². The maximum absolute atomic E-state index is 12.7. The van der Waals surface area contributed by atoms with Gasteiger partial charge in [-0.05, 0) is 0 Å². The number of rotatable bonds is 2. The highest BCUT2D eigenvalue weighted by Crippen LogP contribution is 2.22. The zero-order valence-electron chi connectivity index (χ0n) is 13.9. The van der Waals surface area contributed by atoms with E-state index in [9.17, 15) is 14.4 Å². The molecule has 0 aromatic rings. The lowest BCUT2D eigenvalue weighted by Crippen LogP contribution is -2.64. The van der Waals surface area contributed by atoms with Crippen LogP contribution >= 0.6 is 0 Å². The molecule has 10 nitrogen and oxygen atoms in total. The van der Waals surface area contributed by atoms with E-state index in [2.05, 4.69) is 9.73 Å². The number of esters is 1. The second-order valence-corrected chi connectivity index (χ2v) is 5.72. The SMILES string of the molecule is COC(=O)CN1C(=O)C2C(=NC(=[N+]3CCOCC3)N2C)N(C)C1=O. The van der Waals surface area contributed by atoms with Crippen LogP contribution in [0.1, 0.15) is 0 Å². The molecule has 0 radical (unpaired) electrons. The average molecular weight is 338 g/mol. The van der Waals surface area contributed by atoms with E-state index < -0.39 is 30.5 Å². The highest BCUT2D eigenvalue weighted by molar-refractivity contribution is 6.25. The van der Waals surface area contributed by atoms with Gasteiger partial charge in [-0.3, -0.25) is 19.1 Å². The molecule has 0 N–H and O–H groups in total. The molecule has 2 fully saturated rings. The van der Waals surface area contributed by atoms with Gasteiger partial charge in [-0.25, -0.2) is 14.6 Å². The number of nitrogens with zero attached hydrogens (tertiary/aromatic N) is 5. The summed E-state index contributed by atoms with van der Waals surface area (Å²) in [5.41, 5.74) is 0. The molecule has 2 saturated heterocycles. The molecule has 0 aromatic heterocycles. The minimum atomic E-state index is -0.727. The lowest BCUT2D eigenvalue weighted by Gasteiger charge is -2.33. The summed E-state index contributed by atoms with van der Waals surface area (Å²) in [7, 11) is 4.51. The Morgan fingerprint density at radius 3 is 2.62 bits per heavy atom. The number of urea groups is 1. The Labute approximate surface area is 138 Å². The zero-order valence-corrected chi connectivity index (χ0v) is 13.9. The molecule has 3 aliphatic heterocycles. The van der Waals surface area contributed by atoms with Crippen molar-refractivity contribution < 1.29 is 28.4 Å². The quantitative estimate of drug-likeness (QED) is 0.434. The Bertz CT molecular complexity index is 650. The molecule has 3 aliphatic rings. The standard InChI is InChI=1S/C14H20N5O5/c1-16-10-11(15-13(16)18-4-6-24-7-5-18)17(2)14(22)19(12(10)21)8-9(20)23-3/h10H,4-8H2,1-3H3/q+1. The van der Waals surface area contributed by atoms with Gasteiger partial charge < -0.3 is 9.47 Å². The molecule has 0 spiro atoms. The van der Waals surface area contributed by atoms with Crippen LogP contribution in [0.5, 0.6) is 0 Å². The fraction of sp³-hybridized carbons (Fsp3) is 0.643.